The maximum Gasteiger partial charge on any atom is 0.332 e. The summed E-state index contributed by atoms with van der Waals surface area (Å²) in [6.07, 6.45) is 1.52. The maximum atomic E-state index is 11.7. The van der Waals surface area contributed by atoms with Crippen LogP contribution in [0.2, 0.25) is 0 Å². The zero-order valence-electron chi connectivity index (χ0n) is 13.1. The Labute approximate surface area is 131 Å². The molecule has 0 saturated carbocycles. The molecule has 3 aromatic rings. The number of aliphatic hydroxyl groups excluding tert-OH is 1. The van der Waals surface area contributed by atoms with E-state index in [1.165, 1.54) is 17.9 Å². The summed E-state index contributed by atoms with van der Waals surface area (Å²) < 4.78 is 4.04. The molecule has 0 aliphatic carbocycles. The van der Waals surface area contributed by atoms with Crippen molar-refractivity contribution in [1.82, 2.24) is 18.7 Å². The van der Waals surface area contributed by atoms with Gasteiger partial charge in [-0.25, -0.2) is 9.78 Å². The van der Waals surface area contributed by atoms with Crippen molar-refractivity contribution in [3.8, 4) is 5.75 Å². The van der Waals surface area contributed by atoms with Crippen LogP contribution in [0.25, 0.3) is 11.2 Å². The number of fused-ring (bicyclic) bond motifs is 1. The van der Waals surface area contributed by atoms with Crippen molar-refractivity contribution in [2.24, 2.45) is 21.1 Å². The zero-order valence-corrected chi connectivity index (χ0v) is 13.1. The predicted octanol–water partition coefficient (Wildman–Crippen LogP) is -0.145. The van der Waals surface area contributed by atoms with E-state index in [0.717, 1.165) is 4.57 Å². The minimum atomic E-state index is -0.360. The molecule has 0 aliphatic rings. The molecule has 0 atom stereocenters. The van der Waals surface area contributed by atoms with Gasteiger partial charge in [-0.05, 0) is 6.07 Å². The molecule has 8 nitrogen and oxygen atoms in total. The van der Waals surface area contributed by atoms with Crippen LogP contribution in [0.3, 0.4) is 0 Å². The zero-order chi connectivity index (χ0) is 17.1. The second-order valence-corrected chi connectivity index (χ2v) is 5.02. The van der Waals surface area contributed by atoms with Gasteiger partial charge < -0.3 is 14.8 Å². The molecular formula is C15H18N4O4. The van der Waals surface area contributed by atoms with Crippen molar-refractivity contribution >= 4 is 11.2 Å². The first-order chi connectivity index (χ1) is 10.9. The molecule has 0 spiro atoms. The van der Waals surface area contributed by atoms with E-state index in [-0.39, 0.29) is 23.6 Å². The average Bonchev–Trinajstić information content (AvgIpc) is 2.94. The van der Waals surface area contributed by atoms with E-state index in [0.29, 0.717) is 16.7 Å². The van der Waals surface area contributed by atoms with Crippen LogP contribution in [0.1, 0.15) is 5.56 Å². The van der Waals surface area contributed by atoms with Crippen molar-refractivity contribution in [3.05, 3.63) is 57.0 Å². The molecule has 0 amide bonds. The van der Waals surface area contributed by atoms with Crippen molar-refractivity contribution in [1.29, 1.82) is 0 Å². The molecule has 2 aromatic heterocycles. The van der Waals surface area contributed by atoms with Gasteiger partial charge in [-0.3, -0.25) is 13.9 Å². The van der Waals surface area contributed by atoms with E-state index in [4.69, 9.17) is 10.2 Å². The summed E-state index contributed by atoms with van der Waals surface area (Å²) in [6, 6.07) is 6.71. The van der Waals surface area contributed by atoms with Crippen molar-refractivity contribution in [2.45, 2.75) is 6.61 Å². The Morgan fingerprint density at radius 1 is 1.09 bits per heavy atom. The molecule has 0 aliphatic heterocycles. The van der Waals surface area contributed by atoms with Crippen LogP contribution in [-0.2, 0) is 27.7 Å². The lowest BCUT2D eigenvalue weighted by Crippen LogP contribution is -2.37. The number of aromatic nitrogens is 4. The van der Waals surface area contributed by atoms with E-state index in [2.05, 4.69) is 4.98 Å². The number of aliphatic hydroxyl groups is 1. The second-order valence-electron chi connectivity index (χ2n) is 5.02. The minimum absolute atomic E-state index is 0.104. The predicted molar refractivity (Wildman–Crippen MR) is 85.2 cm³/mol. The van der Waals surface area contributed by atoms with Gasteiger partial charge in [0.25, 0.3) is 5.56 Å². The Bertz CT molecular complexity index is 952. The highest BCUT2D eigenvalue weighted by molar-refractivity contribution is 5.69. The SMILES string of the molecule is Cn1c(=O)c2c(ncn2C)n(C)c1=O.OCc1ccccc1O. The Kier molecular flexibility index (Phi) is 4.65. The molecule has 8 heteroatoms. The van der Waals surface area contributed by atoms with Crippen LogP contribution in [0.15, 0.2) is 40.2 Å². The Morgan fingerprint density at radius 2 is 1.74 bits per heavy atom. The molecule has 23 heavy (non-hydrogen) atoms. The standard InChI is InChI=1S/C8H10N4O2.C7H8O2/c1-10-4-9-6-5(10)7(13)12(3)8(14)11(6)2;8-5-6-3-1-2-4-7(6)9/h4H,1-3H3;1-4,8-9H,5H2. The summed E-state index contributed by atoms with van der Waals surface area (Å²) in [6.45, 7) is -0.104. The number of imidazole rings is 1. The molecular weight excluding hydrogens is 300 g/mol. The van der Waals surface area contributed by atoms with Crippen LogP contribution in [0.4, 0.5) is 0 Å². The van der Waals surface area contributed by atoms with E-state index in [1.54, 1.807) is 42.9 Å². The summed E-state index contributed by atoms with van der Waals surface area (Å²) in [5.41, 5.74) is 0.747. The monoisotopic (exact) mass is 318 g/mol. The van der Waals surface area contributed by atoms with Gasteiger partial charge in [-0.2, -0.15) is 0 Å². The number of benzene rings is 1. The lowest BCUT2D eigenvalue weighted by Gasteiger charge is -2.02. The van der Waals surface area contributed by atoms with Crippen molar-refractivity contribution < 1.29 is 10.2 Å². The highest BCUT2D eigenvalue weighted by Crippen LogP contribution is 2.14. The van der Waals surface area contributed by atoms with Gasteiger partial charge in [0.15, 0.2) is 11.2 Å². The second kappa shape index (κ2) is 6.49. The first kappa shape index (κ1) is 16.5. The van der Waals surface area contributed by atoms with Crippen LogP contribution < -0.4 is 11.2 Å². The third kappa shape index (κ3) is 3.02. The van der Waals surface area contributed by atoms with E-state index < -0.39 is 0 Å². The highest BCUT2D eigenvalue weighted by atomic mass is 16.3. The summed E-state index contributed by atoms with van der Waals surface area (Å²) >= 11 is 0. The van der Waals surface area contributed by atoms with E-state index >= 15 is 0 Å². The fraction of sp³-hybridized carbons (Fsp3) is 0.267. The summed E-state index contributed by atoms with van der Waals surface area (Å²) in [7, 11) is 4.77. The van der Waals surface area contributed by atoms with Gasteiger partial charge in [-0.1, -0.05) is 18.2 Å². The fourth-order valence-corrected chi connectivity index (χ4v) is 2.12. The number of aryl methyl sites for hydroxylation is 2. The number of rotatable bonds is 1. The Morgan fingerprint density at radius 3 is 2.30 bits per heavy atom. The smallest absolute Gasteiger partial charge is 0.332 e. The molecule has 0 fully saturated rings. The van der Waals surface area contributed by atoms with Gasteiger partial charge in [0.05, 0.1) is 12.9 Å². The molecule has 2 N–H and O–H groups in total. The summed E-state index contributed by atoms with van der Waals surface area (Å²) in [5.74, 6) is 0.153. The number of para-hydroxylation sites is 1. The molecule has 3 rings (SSSR count). The number of hydrogen-bond acceptors (Lipinski definition) is 5. The molecule has 0 radical (unpaired) electrons. The van der Waals surface area contributed by atoms with Crippen LogP contribution in [0, 0.1) is 0 Å². The first-order valence-electron chi connectivity index (χ1n) is 6.83. The molecule has 2 heterocycles. The summed E-state index contributed by atoms with van der Waals surface area (Å²) in [5, 5.41) is 17.5. The maximum absolute atomic E-state index is 11.7. The minimum Gasteiger partial charge on any atom is -0.508 e. The first-order valence-corrected chi connectivity index (χ1v) is 6.83. The average molecular weight is 318 g/mol. The quantitative estimate of drug-likeness (QED) is 0.650. The largest absolute Gasteiger partial charge is 0.508 e. The third-order valence-corrected chi connectivity index (χ3v) is 3.48. The van der Waals surface area contributed by atoms with Gasteiger partial charge in [0.1, 0.15) is 5.75 Å². The number of nitrogens with zero attached hydrogens (tertiary/aromatic N) is 4. The Hall–Kier alpha value is -2.87. The highest BCUT2D eigenvalue weighted by Gasteiger charge is 2.11. The number of aromatic hydroxyl groups is 1. The topological polar surface area (TPSA) is 102 Å². The lowest BCUT2D eigenvalue weighted by atomic mass is 10.2. The van der Waals surface area contributed by atoms with Gasteiger partial charge >= 0.3 is 5.69 Å². The number of phenols is 1. The van der Waals surface area contributed by atoms with Gasteiger partial charge in [0, 0.05) is 26.7 Å². The van der Waals surface area contributed by atoms with E-state index in [1.807, 2.05) is 0 Å². The van der Waals surface area contributed by atoms with Crippen LogP contribution in [-0.4, -0.2) is 28.9 Å². The lowest BCUT2D eigenvalue weighted by molar-refractivity contribution is 0.275. The van der Waals surface area contributed by atoms with Crippen LogP contribution >= 0.6 is 0 Å². The Balaban J connectivity index is 0.000000185. The molecule has 1 aromatic carbocycles. The normalized spacial score (nSPS) is 10.4. The molecule has 0 saturated heterocycles. The summed E-state index contributed by atoms with van der Waals surface area (Å²) in [4.78, 5) is 27.2. The fourth-order valence-electron chi connectivity index (χ4n) is 2.12. The van der Waals surface area contributed by atoms with Crippen molar-refractivity contribution in [3.63, 3.8) is 0 Å². The third-order valence-electron chi connectivity index (χ3n) is 3.48. The molecule has 0 bridgehead atoms. The van der Waals surface area contributed by atoms with Gasteiger partial charge in [-0.15, -0.1) is 0 Å². The molecule has 0 unspecified atom stereocenters. The van der Waals surface area contributed by atoms with Gasteiger partial charge in [0.2, 0.25) is 0 Å². The van der Waals surface area contributed by atoms with Crippen molar-refractivity contribution in [2.75, 3.05) is 0 Å². The van der Waals surface area contributed by atoms with E-state index in [9.17, 15) is 9.59 Å². The number of hydrogen-bond donors (Lipinski definition) is 2. The van der Waals surface area contributed by atoms with Crippen LogP contribution in [0.5, 0.6) is 5.75 Å². The molecule has 122 valence electrons.